The Morgan fingerprint density at radius 2 is 1.45 bits per heavy atom. The van der Waals surface area contributed by atoms with Gasteiger partial charge in [-0.3, -0.25) is 0 Å². The minimum atomic E-state index is -0.925. The van der Waals surface area contributed by atoms with Gasteiger partial charge in [0.05, 0.1) is 8.31 Å². The maximum Gasteiger partial charge on any atom is 0.139 e. The molecule has 1 aliphatic heterocycles. The summed E-state index contributed by atoms with van der Waals surface area (Å²) in [7, 11) is -0.618. The van der Waals surface area contributed by atoms with E-state index in [1.165, 1.54) is 60.0 Å². The Balaban J connectivity index is 1.81. The lowest BCUT2D eigenvalue weighted by Gasteiger charge is -2.27. The van der Waals surface area contributed by atoms with Crippen molar-refractivity contribution in [2.24, 2.45) is 0 Å². The van der Waals surface area contributed by atoms with Gasteiger partial charge in [-0.2, -0.15) is 0 Å². The highest BCUT2D eigenvalue weighted by atomic mass is 29.7. The third-order valence-electron chi connectivity index (χ3n) is 8.31. The van der Waals surface area contributed by atoms with Crippen molar-refractivity contribution >= 4 is 83.0 Å². The topological polar surface area (TPSA) is 9.23 Å². The van der Waals surface area contributed by atoms with E-state index in [0.717, 1.165) is 6.23 Å². The molecule has 1 aliphatic rings. The van der Waals surface area contributed by atoms with E-state index in [-0.39, 0.29) is 26.4 Å². The van der Waals surface area contributed by atoms with E-state index in [9.17, 15) is 0 Å². The highest BCUT2D eigenvalue weighted by Gasteiger charge is 2.26. The molecule has 6 rings (SSSR count). The zero-order chi connectivity index (χ0) is 22.9. The van der Waals surface area contributed by atoms with Crippen LogP contribution in [0.3, 0.4) is 0 Å². The molecule has 166 valence electrons. The molecule has 5 heteroatoms. The predicted octanol–water partition coefficient (Wildman–Crippen LogP) is 3.59. The summed E-state index contributed by atoms with van der Waals surface area (Å²) in [5.41, 5.74) is 7.48. The largest absolute Gasteiger partial charge is 0.432 e. The van der Waals surface area contributed by atoms with Gasteiger partial charge < -0.3 is 4.43 Å². The van der Waals surface area contributed by atoms with Crippen LogP contribution in [0.25, 0.3) is 43.1 Å². The number of rotatable bonds is 1. The fraction of sp³-hybridized carbons (Fsp3) is 0.214. The molecule has 0 N–H and O–H groups in total. The molecule has 0 aliphatic carbocycles. The summed E-state index contributed by atoms with van der Waals surface area (Å²) in [5, 5.41) is 13.2. The standard InChI is InChI=1S/C28H32OSi4/c1-15-10-22-11-20-8-6-7-9-21(20)12-23(22)24-13-25-27(19(5)26(15)24)17(3)16(2)18(4)28(25)33-14-29-30-31-32-33/h6-13,33H,14,30-32H2,1-5H3. The van der Waals surface area contributed by atoms with Crippen molar-refractivity contribution in [3.63, 3.8) is 0 Å². The quantitative estimate of drug-likeness (QED) is 0.196. The Morgan fingerprint density at radius 1 is 0.697 bits per heavy atom. The van der Waals surface area contributed by atoms with Crippen molar-refractivity contribution in [3.8, 4) is 0 Å². The predicted molar refractivity (Wildman–Crippen MR) is 159 cm³/mol. The van der Waals surface area contributed by atoms with E-state index < -0.39 is 8.31 Å². The van der Waals surface area contributed by atoms with Gasteiger partial charge in [-0.1, -0.05) is 35.5 Å². The minimum absolute atomic E-state index is 0.0689. The van der Waals surface area contributed by atoms with Gasteiger partial charge in [0, 0.05) is 23.3 Å². The second-order valence-corrected chi connectivity index (χ2v) is 34.2. The Hall–Kier alpha value is -2.03. The van der Waals surface area contributed by atoms with Crippen molar-refractivity contribution in [2.75, 3.05) is 6.23 Å². The van der Waals surface area contributed by atoms with Gasteiger partial charge in [0.2, 0.25) is 0 Å². The fourth-order valence-electron chi connectivity index (χ4n) is 6.52. The molecule has 0 bridgehead atoms. The maximum absolute atomic E-state index is 6.26. The molecule has 1 heterocycles. The van der Waals surface area contributed by atoms with Gasteiger partial charge in [0.25, 0.3) is 0 Å². The van der Waals surface area contributed by atoms with E-state index in [1.807, 2.05) is 0 Å². The van der Waals surface area contributed by atoms with Crippen LogP contribution in [0.5, 0.6) is 0 Å². The third-order valence-corrected chi connectivity index (χ3v) is 43.4. The number of hydrogen-bond acceptors (Lipinski definition) is 1. The lowest BCUT2D eigenvalue weighted by atomic mass is 9.86. The first kappa shape index (κ1) is 21.5. The van der Waals surface area contributed by atoms with Crippen LogP contribution >= 0.6 is 0 Å². The van der Waals surface area contributed by atoms with Crippen LogP contribution in [-0.2, 0) is 4.43 Å². The van der Waals surface area contributed by atoms with Crippen LogP contribution in [0.2, 0.25) is 0 Å². The molecule has 1 atom stereocenters. The van der Waals surface area contributed by atoms with Gasteiger partial charge >= 0.3 is 0 Å². The lowest BCUT2D eigenvalue weighted by molar-refractivity contribution is 0.419. The van der Waals surface area contributed by atoms with E-state index in [1.54, 1.807) is 16.1 Å². The molecule has 1 nitrogen and oxygen atoms in total. The molecule has 0 amide bonds. The Bertz CT molecular complexity index is 1600. The molecule has 33 heavy (non-hydrogen) atoms. The first-order chi connectivity index (χ1) is 16.0. The molecule has 5 aromatic rings. The summed E-state index contributed by atoms with van der Waals surface area (Å²) < 4.78 is 6.26. The van der Waals surface area contributed by atoms with Gasteiger partial charge in [0.15, 0.2) is 0 Å². The van der Waals surface area contributed by atoms with E-state index in [4.69, 9.17) is 4.43 Å². The Kier molecular flexibility index (Phi) is 5.23. The summed E-state index contributed by atoms with van der Waals surface area (Å²) in [6, 6.07) is 18.6. The monoisotopic (exact) mass is 496 g/mol. The lowest BCUT2D eigenvalue weighted by Crippen LogP contribution is -2.51. The zero-order valence-electron chi connectivity index (χ0n) is 20.4. The molecule has 0 saturated carbocycles. The summed E-state index contributed by atoms with van der Waals surface area (Å²) in [6.45, 7) is 11.8. The summed E-state index contributed by atoms with van der Waals surface area (Å²) >= 11 is 0. The minimum Gasteiger partial charge on any atom is -0.432 e. The zero-order valence-corrected chi connectivity index (χ0v) is 25.8. The van der Waals surface area contributed by atoms with Crippen LogP contribution in [0.1, 0.15) is 27.8 Å². The van der Waals surface area contributed by atoms with Crippen LogP contribution in [0.4, 0.5) is 0 Å². The SMILES string of the molecule is Cc1c(C)c(C)c2c(C)c3c(C)cc4cc5ccccc5cc4c3cc2c1[SiH]1CO[SiH2][SiH2][SiH2]1. The molecule has 0 spiro atoms. The Morgan fingerprint density at radius 3 is 2.18 bits per heavy atom. The fourth-order valence-corrected chi connectivity index (χ4v) is 49.5. The normalized spacial score (nSPS) is 19.1. The third kappa shape index (κ3) is 3.25. The summed E-state index contributed by atoms with van der Waals surface area (Å²) in [5.74, 6) is 0. The highest BCUT2D eigenvalue weighted by molar-refractivity contribution is 7.51. The van der Waals surface area contributed by atoms with Crippen LogP contribution < -0.4 is 5.19 Å². The Labute approximate surface area is 204 Å². The van der Waals surface area contributed by atoms with Crippen molar-refractivity contribution in [2.45, 2.75) is 34.6 Å². The van der Waals surface area contributed by atoms with Crippen molar-refractivity contribution in [1.82, 2.24) is 0 Å². The van der Waals surface area contributed by atoms with Gasteiger partial charge in [-0.25, -0.2) is 0 Å². The number of fused-ring (bicyclic) bond motifs is 5. The molecule has 1 saturated heterocycles. The average molecular weight is 497 g/mol. The average Bonchev–Trinajstić information content (AvgIpc) is 2.82. The van der Waals surface area contributed by atoms with Gasteiger partial charge in [0.1, 0.15) is 9.28 Å². The number of hydrogen-bond donors (Lipinski definition) is 0. The van der Waals surface area contributed by atoms with Crippen LogP contribution in [-0.4, -0.2) is 40.9 Å². The molecular weight excluding hydrogens is 465 g/mol. The highest BCUT2D eigenvalue weighted by Crippen LogP contribution is 2.38. The van der Waals surface area contributed by atoms with Crippen molar-refractivity contribution < 1.29 is 4.43 Å². The van der Waals surface area contributed by atoms with Crippen LogP contribution in [0, 0.1) is 34.6 Å². The second-order valence-electron chi connectivity index (χ2n) is 10.2. The number of aryl methyl sites for hydroxylation is 3. The maximum atomic E-state index is 6.26. The number of benzene rings is 5. The van der Waals surface area contributed by atoms with E-state index >= 15 is 0 Å². The summed E-state index contributed by atoms with van der Waals surface area (Å²) in [6.07, 6.45) is 1.14. The molecule has 1 fully saturated rings. The molecule has 1 unspecified atom stereocenters. The first-order valence-electron chi connectivity index (χ1n) is 12.3. The van der Waals surface area contributed by atoms with Crippen molar-refractivity contribution in [1.29, 1.82) is 0 Å². The van der Waals surface area contributed by atoms with Gasteiger partial charge in [-0.05, 0) is 124 Å². The smallest absolute Gasteiger partial charge is 0.139 e. The molecule has 0 radical (unpaired) electrons. The molecule has 5 aromatic carbocycles. The van der Waals surface area contributed by atoms with E-state index in [2.05, 4.69) is 83.1 Å². The van der Waals surface area contributed by atoms with Crippen molar-refractivity contribution in [3.05, 3.63) is 76.3 Å². The van der Waals surface area contributed by atoms with E-state index in [0.29, 0.717) is 0 Å². The van der Waals surface area contributed by atoms with Gasteiger partial charge in [-0.15, -0.1) is 0 Å². The van der Waals surface area contributed by atoms with Crippen LogP contribution in [0.15, 0.2) is 48.5 Å². The first-order valence-corrected chi connectivity index (χ1v) is 25.6. The molecule has 0 aromatic heterocycles. The molecular formula is C28H32OSi4. The second kappa shape index (κ2) is 8.03. The summed E-state index contributed by atoms with van der Waals surface area (Å²) in [4.78, 5) is 0.